The molecule has 0 bridgehead atoms. The molecule has 0 saturated carbocycles. The highest BCUT2D eigenvalue weighted by molar-refractivity contribution is 7.89. The Balaban J connectivity index is 3.02. The van der Waals surface area contributed by atoms with Crippen LogP contribution in [0.2, 0.25) is 0 Å². The van der Waals surface area contributed by atoms with Crippen LogP contribution < -0.4 is 5.73 Å². The van der Waals surface area contributed by atoms with E-state index in [0.717, 1.165) is 0 Å². The second-order valence-electron chi connectivity index (χ2n) is 4.30. The van der Waals surface area contributed by atoms with Crippen LogP contribution in [0.3, 0.4) is 0 Å². The molecule has 5 nitrogen and oxygen atoms in total. The number of amidine groups is 1. The van der Waals surface area contributed by atoms with Crippen LogP contribution in [-0.4, -0.2) is 31.1 Å². The maximum absolute atomic E-state index is 12.4. The lowest BCUT2D eigenvalue weighted by Crippen LogP contribution is -2.39. The molecule has 0 spiro atoms. The van der Waals surface area contributed by atoms with E-state index in [9.17, 15) is 8.42 Å². The molecule has 0 saturated heterocycles. The minimum absolute atomic E-state index is 0.0103. The van der Waals surface area contributed by atoms with Gasteiger partial charge >= 0.3 is 0 Å². The molecule has 1 aromatic rings. The fraction of sp³-hybridized carbons (Fsp3) is 0.417. The smallest absolute Gasteiger partial charge is 0.243 e. The SMILES string of the molecule is CC(C)N(CCC(=N)N)S(=O)(=O)c1ccccc1. The Labute approximate surface area is 108 Å². The summed E-state index contributed by atoms with van der Waals surface area (Å²) in [6.07, 6.45) is 0.240. The number of hydrogen-bond donors (Lipinski definition) is 2. The topological polar surface area (TPSA) is 87.2 Å². The lowest BCUT2D eigenvalue weighted by molar-refractivity contribution is 0.361. The van der Waals surface area contributed by atoms with Crippen LogP contribution >= 0.6 is 0 Å². The molecule has 0 aliphatic heterocycles. The molecule has 18 heavy (non-hydrogen) atoms. The zero-order valence-electron chi connectivity index (χ0n) is 10.6. The van der Waals surface area contributed by atoms with Crippen LogP contribution in [-0.2, 0) is 10.0 Å². The molecule has 3 N–H and O–H groups in total. The molecule has 1 rings (SSSR count). The van der Waals surface area contributed by atoms with E-state index in [0.29, 0.717) is 0 Å². The summed E-state index contributed by atoms with van der Waals surface area (Å²) < 4.78 is 26.2. The first-order valence-corrected chi connectivity index (χ1v) is 7.19. The van der Waals surface area contributed by atoms with Crippen LogP contribution in [0.25, 0.3) is 0 Å². The lowest BCUT2D eigenvalue weighted by Gasteiger charge is -2.25. The predicted octanol–water partition coefficient (Wildman–Crippen LogP) is 1.41. The summed E-state index contributed by atoms with van der Waals surface area (Å²) in [5.74, 6) is -0.0103. The van der Waals surface area contributed by atoms with Crippen molar-refractivity contribution in [2.24, 2.45) is 5.73 Å². The summed E-state index contributed by atoms with van der Waals surface area (Å²) in [7, 11) is -3.51. The van der Waals surface area contributed by atoms with Gasteiger partial charge in [-0.3, -0.25) is 5.41 Å². The van der Waals surface area contributed by atoms with E-state index >= 15 is 0 Å². The standard InChI is InChI=1S/C12H19N3O2S/c1-10(2)15(9-8-12(13)14)18(16,17)11-6-4-3-5-7-11/h3-7,10H,8-9H2,1-2H3,(H3,13,14). The Morgan fingerprint density at radius 3 is 2.33 bits per heavy atom. The maximum atomic E-state index is 12.4. The van der Waals surface area contributed by atoms with Gasteiger partial charge in [0.1, 0.15) is 0 Å². The highest BCUT2D eigenvalue weighted by atomic mass is 32.2. The fourth-order valence-corrected chi connectivity index (χ4v) is 3.27. The number of nitrogens with two attached hydrogens (primary N) is 1. The largest absolute Gasteiger partial charge is 0.388 e. The Kier molecular flexibility index (Phi) is 4.86. The highest BCUT2D eigenvalue weighted by Gasteiger charge is 2.26. The normalized spacial score (nSPS) is 12.0. The Bertz CT molecular complexity index is 497. The van der Waals surface area contributed by atoms with Gasteiger partial charge in [-0.25, -0.2) is 8.42 Å². The molecule has 100 valence electrons. The van der Waals surface area contributed by atoms with Gasteiger partial charge in [0.15, 0.2) is 0 Å². The van der Waals surface area contributed by atoms with Crippen molar-refractivity contribution >= 4 is 15.9 Å². The average molecular weight is 269 g/mol. The first-order chi connectivity index (χ1) is 8.35. The molecule has 0 radical (unpaired) electrons. The van der Waals surface area contributed by atoms with Crippen LogP contribution in [0.15, 0.2) is 35.2 Å². The Morgan fingerprint density at radius 2 is 1.89 bits per heavy atom. The van der Waals surface area contributed by atoms with Gasteiger partial charge in [-0.05, 0) is 26.0 Å². The zero-order chi connectivity index (χ0) is 13.8. The fourth-order valence-electron chi connectivity index (χ4n) is 1.61. The first-order valence-electron chi connectivity index (χ1n) is 5.75. The van der Waals surface area contributed by atoms with Gasteiger partial charge in [0.25, 0.3) is 0 Å². The van der Waals surface area contributed by atoms with Crippen molar-refractivity contribution in [2.75, 3.05) is 6.54 Å². The molecule has 1 aromatic carbocycles. The summed E-state index contributed by atoms with van der Waals surface area (Å²) in [5, 5.41) is 7.19. The minimum atomic E-state index is -3.51. The first kappa shape index (κ1) is 14.7. The van der Waals surface area contributed by atoms with E-state index in [4.69, 9.17) is 11.1 Å². The van der Waals surface area contributed by atoms with Crippen molar-refractivity contribution in [3.63, 3.8) is 0 Å². The second-order valence-corrected chi connectivity index (χ2v) is 6.19. The number of benzene rings is 1. The molecule has 0 aliphatic rings. The van der Waals surface area contributed by atoms with E-state index in [1.54, 1.807) is 44.2 Å². The number of sulfonamides is 1. The van der Waals surface area contributed by atoms with Gasteiger partial charge in [0.2, 0.25) is 10.0 Å². The summed E-state index contributed by atoms with van der Waals surface area (Å²) in [4.78, 5) is 0.266. The van der Waals surface area contributed by atoms with Gasteiger partial charge < -0.3 is 5.73 Å². The molecule has 6 heteroatoms. The van der Waals surface area contributed by atoms with Crippen molar-refractivity contribution in [2.45, 2.75) is 31.2 Å². The quantitative estimate of drug-likeness (QED) is 0.604. The van der Waals surface area contributed by atoms with Crippen LogP contribution in [0, 0.1) is 5.41 Å². The number of hydrogen-bond acceptors (Lipinski definition) is 3. The highest BCUT2D eigenvalue weighted by Crippen LogP contribution is 2.17. The van der Waals surface area contributed by atoms with Gasteiger partial charge in [-0.15, -0.1) is 0 Å². The number of rotatable bonds is 6. The monoisotopic (exact) mass is 269 g/mol. The van der Waals surface area contributed by atoms with E-state index in [1.807, 2.05) is 0 Å². The van der Waals surface area contributed by atoms with Crippen molar-refractivity contribution in [1.82, 2.24) is 4.31 Å². The molecular formula is C12H19N3O2S. The summed E-state index contributed by atoms with van der Waals surface area (Å²) in [6, 6.07) is 8.12. The zero-order valence-corrected chi connectivity index (χ0v) is 11.4. The van der Waals surface area contributed by atoms with Gasteiger partial charge in [0.05, 0.1) is 10.7 Å². The number of nitrogens with one attached hydrogen (secondary N) is 1. The third-order valence-electron chi connectivity index (χ3n) is 2.53. The third-order valence-corrected chi connectivity index (χ3v) is 4.62. The van der Waals surface area contributed by atoms with Crippen LogP contribution in [0.4, 0.5) is 0 Å². The minimum Gasteiger partial charge on any atom is -0.388 e. The molecule has 0 heterocycles. The van der Waals surface area contributed by atoms with Crippen molar-refractivity contribution in [3.8, 4) is 0 Å². The molecule has 0 aromatic heterocycles. The van der Waals surface area contributed by atoms with Crippen LogP contribution in [0.5, 0.6) is 0 Å². The average Bonchev–Trinajstić information content (AvgIpc) is 2.29. The van der Waals surface area contributed by atoms with Crippen molar-refractivity contribution < 1.29 is 8.42 Å². The molecule has 0 atom stereocenters. The molecule has 0 unspecified atom stereocenters. The molecule has 0 amide bonds. The summed E-state index contributed by atoms with van der Waals surface area (Å²) in [5.41, 5.74) is 5.28. The summed E-state index contributed by atoms with van der Waals surface area (Å²) in [6.45, 7) is 3.84. The molecular weight excluding hydrogens is 250 g/mol. The lowest BCUT2D eigenvalue weighted by atomic mass is 10.3. The van der Waals surface area contributed by atoms with E-state index in [1.165, 1.54) is 4.31 Å². The second kappa shape index (κ2) is 5.97. The van der Waals surface area contributed by atoms with E-state index < -0.39 is 10.0 Å². The van der Waals surface area contributed by atoms with Gasteiger partial charge in [0, 0.05) is 19.0 Å². The van der Waals surface area contributed by atoms with E-state index in [-0.39, 0.29) is 29.7 Å². The third kappa shape index (κ3) is 3.54. The van der Waals surface area contributed by atoms with Gasteiger partial charge in [-0.1, -0.05) is 18.2 Å². The Hall–Kier alpha value is -1.40. The molecule has 0 aliphatic carbocycles. The molecule has 0 fully saturated rings. The maximum Gasteiger partial charge on any atom is 0.243 e. The number of nitrogens with zero attached hydrogens (tertiary/aromatic N) is 1. The van der Waals surface area contributed by atoms with Gasteiger partial charge in [-0.2, -0.15) is 4.31 Å². The predicted molar refractivity (Wildman–Crippen MR) is 72.0 cm³/mol. The van der Waals surface area contributed by atoms with Crippen molar-refractivity contribution in [3.05, 3.63) is 30.3 Å². The Morgan fingerprint density at radius 1 is 1.33 bits per heavy atom. The van der Waals surface area contributed by atoms with Crippen LogP contribution in [0.1, 0.15) is 20.3 Å². The van der Waals surface area contributed by atoms with E-state index in [2.05, 4.69) is 0 Å². The summed E-state index contributed by atoms with van der Waals surface area (Å²) >= 11 is 0. The van der Waals surface area contributed by atoms with Crippen molar-refractivity contribution in [1.29, 1.82) is 5.41 Å².